The summed E-state index contributed by atoms with van der Waals surface area (Å²) in [6.45, 7) is 9.37. The molecular formula is C28H33ClFN5O4. The molecule has 1 fully saturated rings. The molecule has 1 aromatic heterocycles. The van der Waals surface area contributed by atoms with E-state index in [1.807, 2.05) is 42.6 Å². The lowest BCUT2D eigenvalue weighted by Gasteiger charge is -2.46. The number of anilines is 1. The van der Waals surface area contributed by atoms with E-state index in [1.165, 1.54) is 24.3 Å². The maximum Gasteiger partial charge on any atom is 0.350 e. The molecule has 9 nitrogen and oxygen atoms in total. The SMILES string of the molecule is C=CC(O)N1C[C@H](C)N(c2nc(=O)n3c4c(c(-c5c(O)cccc5F)c(Cl)cc24)OC[C@H]3CN(C)C)C[C@H]1C. The van der Waals surface area contributed by atoms with Crippen LogP contribution < -0.4 is 15.3 Å². The lowest BCUT2D eigenvalue weighted by Crippen LogP contribution is -2.59. The maximum absolute atomic E-state index is 15.1. The van der Waals surface area contributed by atoms with E-state index in [4.69, 9.17) is 16.3 Å². The maximum atomic E-state index is 15.1. The van der Waals surface area contributed by atoms with Gasteiger partial charge in [-0.3, -0.25) is 9.47 Å². The fourth-order valence-corrected chi connectivity index (χ4v) is 6.07. The number of halogens is 2. The monoisotopic (exact) mass is 557 g/mol. The zero-order chi connectivity index (χ0) is 28.2. The highest BCUT2D eigenvalue weighted by Gasteiger charge is 2.37. The summed E-state index contributed by atoms with van der Waals surface area (Å²) in [5.41, 5.74) is 0.109. The summed E-state index contributed by atoms with van der Waals surface area (Å²) in [6.07, 6.45) is 0.707. The Morgan fingerprint density at radius 2 is 2.03 bits per heavy atom. The molecule has 39 heavy (non-hydrogen) atoms. The Bertz CT molecular complexity index is 1480. The predicted molar refractivity (Wildman–Crippen MR) is 150 cm³/mol. The molecule has 2 aliphatic heterocycles. The van der Waals surface area contributed by atoms with Crippen LogP contribution >= 0.6 is 11.6 Å². The second-order valence-electron chi connectivity index (χ2n) is 10.6. The van der Waals surface area contributed by atoms with Crippen LogP contribution in [-0.2, 0) is 0 Å². The van der Waals surface area contributed by atoms with Crippen molar-refractivity contribution in [1.82, 2.24) is 19.4 Å². The van der Waals surface area contributed by atoms with Crippen LogP contribution in [0.2, 0.25) is 5.02 Å². The first-order valence-corrected chi connectivity index (χ1v) is 13.3. The van der Waals surface area contributed by atoms with Gasteiger partial charge in [-0.1, -0.05) is 24.2 Å². The molecule has 2 aliphatic rings. The topological polar surface area (TPSA) is 94.3 Å². The van der Waals surface area contributed by atoms with Crippen molar-refractivity contribution in [2.24, 2.45) is 0 Å². The molecule has 1 unspecified atom stereocenters. The van der Waals surface area contributed by atoms with Gasteiger partial charge in [-0.15, -0.1) is 0 Å². The Morgan fingerprint density at radius 3 is 2.69 bits per heavy atom. The number of phenols is 1. The van der Waals surface area contributed by atoms with Crippen molar-refractivity contribution >= 4 is 28.3 Å². The fraction of sp³-hybridized carbons (Fsp3) is 0.429. The van der Waals surface area contributed by atoms with Crippen LogP contribution in [-0.4, -0.2) is 88.2 Å². The van der Waals surface area contributed by atoms with Crippen molar-refractivity contribution in [3.63, 3.8) is 0 Å². The summed E-state index contributed by atoms with van der Waals surface area (Å²) in [6, 6.07) is 5.18. The highest BCUT2D eigenvalue weighted by Crippen LogP contribution is 2.49. The third-order valence-electron chi connectivity index (χ3n) is 7.56. The first-order valence-electron chi connectivity index (χ1n) is 12.9. The van der Waals surface area contributed by atoms with E-state index in [-0.39, 0.29) is 52.4 Å². The smallest absolute Gasteiger partial charge is 0.350 e. The second kappa shape index (κ2) is 10.4. The third kappa shape index (κ3) is 4.65. The molecule has 11 heteroatoms. The number of nitrogens with zero attached hydrogens (tertiary/aromatic N) is 5. The van der Waals surface area contributed by atoms with Crippen LogP contribution in [0.5, 0.6) is 11.5 Å². The number of ether oxygens (including phenoxy) is 1. The molecule has 208 valence electrons. The van der Waals surface area contributed by atoms with Crippen molar-refractivity contribution in [3.05, 3.63) is 58.2 Å². The minimum absolute atomic E-state index is 0.0660. The van der Waals surface area contributed by atoms with Crippen LogP contribution in [0, 0.1) is 5.82 Å². The lowest BCUT2D eigenvalue weighted by molar-refractivity contribution is 0.0000434. The molecule has 4 atom stereocenters. The quantitative estimate of drug-likeness (QED) is 0.445. The van der Waals surface area contributed by atoms with E-state index >= 15 is 4.39 Å². The van der Waals surface area contributed by atoms with Crippen LogP contribution in [0.1, 0.15) is 19.9 Å². The number of likely N-dealkylation sites (N-methyl/N-ethyl adjacent to an activating group) is 1. The van der Waals surface area contributed by atoms with Crippen molar-refractivity contribution in [3.8, 4) is 22.6 Å². The molecule has 0 amide bonds. The summed E-state index contributed by atoms with van der Waals surface area (Å²) < 4.78 is 22.9. The van der Waals surface area contributed by atoms with Gasteiger partial charge in [0.05, 0.1) is 27.7 Å². The van der Waals surface area contributed by atoms with Crippen LogP contribution in [0.4, 0.5) is 10.2 Å². The fourth-order valence-electron chi connectivity index (χ4n) is 5.78. The van der Waals surface area contributed by atoms with Crippen molar-refractivity contribution < 1.29 is 19.3 Å². The van der Waals surface area contributed by atoms with Gasteiger partial charge in [0.1, 0.15) is 30.2 Å². The summed E-state index contributed by atoms with van der Waals surface area (Å²) in [4.78, 5) is 24.2. The average Bonchev–Trinajstić information content (AvgIpc) is 2.88. The molecule has 5 rings (SSSR count). The van der Waals surface area contributed by atoms with E-state index < -0.39 is 17.7 Å². The van der Waals surface area contributed by atoms with Gasteiger partial charge in [-0.05, 0) is 52.2 Å². The highest BCUT2D eigenvalue weighted by atomic mass is 35.5. The third-order valence-corrected chi connectivity index (χ3v) is 7.85. The standard InChI is InChI=1S/C28H33ClFN5O4/c1-6-22(37)33-11-16(3)34(12-15(33)2)27-18-10-19(29)23(24-20(30)8-7-9-21(24)36)26-25(18)35(28(38)31-27)17(14-39-26)13-32(4)5/h6-10,15-17,22,36-37H,1,11-14H2,2-5H3/t15-,16+,17-,22?/m1/s1. The molecule has 1 saturated heterocycles. The van der Waals surface area contributed by atoms with Crippen molar-refractivity contribution in [2.45, 2.75) is 38.2 Å². The molecule has 0 bridgehead atoms. The Balaban J connectivity index is 1.77. The first kappa shape index (κ1) is 27.4. The molecule has 0 spiro atoms. The summed E-state index contributed by atoms with van der Waals surface area (Å²) in [5, 5.41) is 21.8. The summed E-state index contributed by atoms with van der Waals surface area (Å²) in [5.74, 6) is -0.266. The van der Waals surface area contributed by atoms with Crippen molar-refractivity contribution in [2.75, 3.05) is 45.2 Å². The molecule has 2 aromatic carbocycles. The van der Waals surface area contributed by atoms with E-state index in [0.717, 1.165) is 0 Å². The summed E-state index contributed by atoms with van der Waals surface area (Å²) >= 11 is 6.81. The zero-order valence-corrected chi connectivity index (χ0v) is 23.2. The molecular weight excluding hydrogens is 525 g/mol. The number of phenolic OH excluding ortho intramolecular Hbond substituents is 1. The number of aliphatic hydroxyl groups excluding tert-OH is 1. The molecule has 0 saturated carbocycles. The Kier molecular flexibility index (Phi) is 7.32. The van der Waals surface area contributed by atoms with E-state index in [1.54, 1.807) is 10.6 Å². The lowest BCUT2D eigenvalue weighted by atomic mass is 9.98. The second-order valence-corrected chi connectivity index (χ2v) is 11.0. The Morgan fingerprint density at radius 1 is 1.28 bits per heavy atom. The van der Waals surface area contributed by atoms with Crippen LogP contribution in [0.25, 0.3) is 22.0 Å². The molecule has 0 radical (unpaired) electrons. The van der Waals surface area contributed by atoms with E-state index in [9.17, 15) is 15.0 Å². The predicted octanol–water partition coefficient (Wildman–Crippen LogP) is 3.46. The average molecular weight is 558 g/mol. The van der Waals surface area contributed by atoms with Gasteiger partial charge < -0.3 is 24.7 Å². The number of piperazine rings is 1. The largest absolute Gasteiger partial charge is 0.507 e. The summed E-state index contributed by atoms with van der Waals surface area (Å²) in [7, 11) is 3.81. The van der Waals surface area contributed by atoms with Crippen molar-refractivity contribution in [1.29, 1.82) is 0 Å². The number of hydrogen-bond acceptors (Lipinski definition) is 8. The van der Waals surface area contributed by atoms with Gasteiger partial charge in [0.15, 0.2) is 5.75 Å². The number of rotatable bonds is 6. The molecule has 0 aliphatic carbocycles. The molecule has 3 heterocycles. The van der Waals surface area contributed by atoms with Gasteiger partial charge >= 0.3 is 5.69 Å². The molecule has 2 N–H and O–H groups in total. The van der Waals surface area contributed by atoms with E-state index in [2.05, 4.69) is 11.6 Å². The number of benzene rings is 2. The van der Waals surface area contributed by atoms with Crippen LogP contribution in [0.3, 0.4) is 0 Å². The first-order chi connectivity index (χ1) is 18.5. The number of aliphatic hydroxyl groups is 1. The van der Waals surface area contributed by atoms with Gasteiger partial charge in [-0.2, -0.15) is 4.98 Å². The number of hydrogen-bond donors (Lipinski definition) is 2. The Hall–Kier alpha value is -3.18. The zero-order valence-electron chi connectivity index (χ0n) is 22.4. The minimum atomic E-state index is -0.787. The number of aromatic nitrogens is 2. The van der Waals surface area contributed by atoms with Crippen LogP contribution in [0.15, 0.2) is 41.7 Å². The number of aromatic hydroxyl groups is 1. The minimum Gasteiger partial charge on any atom is -0.507 e. The molecule has 3 aromatic rings. The van der Waals surface area contributed by atoms with Gasteiger partial charge in [0.2, 0.25) is 0 Å². The van der Waals surface area contributed by atoms with Gasteiger partial charge in [-0.25, -0.2) is 9.18 Å². The van der Waals surface area contributed by atoms with E-state index in [0.29, 0.717) is 36.4 Å². The van der Waals surface area contributed by atoms with Gasteiger partial charge in [0.25, 0.3) is 0 Å². The van der Waals surface area contributed by atoms with Gasteiger partial charge in [0, 0.05) is 37.1 Å². The normalized spacial score (nSPS) is 22.3. The highest BCUT2D eigenvalue weighted by molar-refractivity contribution is 6.35. The Labute approximate surface area is 231 Å².